The number of fused-ring (bicyclic) bond motifs is 2. The van der Waals surface area contributed by atoms with Gasteiger partial charge in [0.25, 0.3) is 5.91 Å². The van der Waals surface area contributed by atoms with E-state index >= 15 is 0 Å². The lowest BCUT2D eigenvalue weighted by molar-refractivity contribution is 0.0797. The summed E-state index contributed by atoms with van der Waals surface area (Å²) in [5, 5.41) is 5.13. The van der Waals surface area contributed by atoms with Gasteiger partial charge in [0, 0.05) is 13.1 Å². The number of nitrogens with zero attached hydrogens (tertiary/aromatic N) is 1. The standard InChI is InChI=1S/C11H14N2OS/c14-11-10-8(4-6-15-10)7-13-5-2-1-3-9(13)12-11/h4,6,9H,1-3,5,7H2,(H,12,14)/t9-/m1/s1. The molecule has 0 radical (unpaired) electrons. The Balaban J connectivity index is 1.94. The van der Waals surface area contributed by atoms with E-state index in [1.54, 1.807) is 11.3 Å². The van der Waals surface area contributed by atoms with Gasteiger partial charge in [0.1, 0.15) is 0 Å². The quantitative estimate of drug-likeness (QED) is 0.726. The predicted molar refractivity (Wildman–Crippen MR) is 59.8 cm³/mol. The fraction of sp³-hybridized carbons (Fsp3) is 0.545. The molecule has 0 aliphatic carbocycles. The summed E-state index contributed by atoms with van der Waals surface area (Å²) in [6.45, 7) is 2.04. The van der Waals surface area contributed by atoms with Crippen LogP contribution in [0.25, 0.3) is 0 Å². The number of rotatable bonds is 0. The molecule has 0 aromatic carbocycles. The first-order valence-electron chi connectivity index (χ1n) is 5.46. The molecular weight excluding hydrogens is 208 g/mol. The monoisotopic (exact) mass is 222 g/mol. The van der Waals surface area contributed by atoms with Crippen molar-refractivity contribution in [2.24, 2.45) is 0 Å². The van der Waals surface area contributed by atoms with Gasteiger partial charge in [-0.3, -0.25) is 9.69 Å². The van der Waals surface area contributed by atoms with Crippen LogP contribution in [-0.2, 0) is 6.54 Å². The van der Waals surface area contributed by atoms with E-state index < -0.39 is 0 Å². The van der Waals surface area contributed by atoms with Crippen molar-refractivity contribution >= 4 is 17.2 Å². The van der Waals surface area contributed by atoms with Gasteiger partial charge in [-0.15, -0.1) is 11.3 Å². The first-order chi connectivity index (χ1) is 7.34. The molecule has 0 saturated carbocycles. The number of carbonyl (C=O) groups is 1. The Kier molecular flexibility index (Phi) is 2.25. The number of hydrogen-bond acceptors (Lipinski definition) is 3. The summed E-state index contributed by atoms with van der Waals surface area (Å²) in [6, 6.07) is 2.08. The molecular formula is C11H14N2OS. The summed E-state index contributed by atoms with van der Waals surface area (Å²) < 4.78 is 0. The summed E-state index contributed by atoms with van der Waals surface area (Å²) in [5.41, 5.74) is 1.20. The minimum absolute atomic E-state index is 0.120. The van der Waals surface area contributed by atoms with Crippen LogP contribution in [0.15, 0.2) is 11.4 Å². The van der Waals surface area contributed by atoms with Crippen LogP contribution in [0.2, 0.25) is 0 Å². The molecule has 0 bridgehead atoms. The average Bonchev–Trinajstić information content (AvgIpc) is 2.64. The van der Waals surface area contributed by atoms with Gasteiger partial charge >= 0.3 is 0 Å². The lowest BCUT2D eigenvalue weighted by atomic mass is 10.1. The van der Waals surface area contributed by atoms with Crippen LogP contribution in [0.1, 0.15) is 34.5 Å². The molecule has 2 aliphatic heterocycles. The van der Waals surface area contributed by atoms with Gasteiger partial charge in [-0.25, -0.2) is 0 Å². The summed E-state index contributed by atoms with van der Waals surface area (Å²) in [7, 11) is 0. The maximum atomic E-state index is 11.9. The molecule has 1 saturated heterocycles. The molecule has 15 heavy (non-hydrogen) atoms. The van der Waals surface area contributed by atoms with Crippen LogP contribution in [0, 0.1) is 0 Å². The van der Waals surface area contributed by atoms with Gasteiger partial charge < -0.3 is 5.32 Å². The largest absolute Gasteiger partial charge is 0.336 e. The lowest BCUT2D eigenvalue weighted by Crippen LogP contribution is -2.48. The molecule has 1 aromatic heterocycles. The van der Waals surface area contributed by atoms with Gasteiger partial charge in [-0.1, -0.05) is 0 Å². The second kappa shape index (κ2) is 3.61. The third kappa shape index (κ3) is 1.58. The molecule has 1 N–H and O–H groups in total. The molecule has 2 aliphatic rings. The average molecular weight is 222 g/mol. The number of thiophene rings is 1. The summed E-state index contributed by atoms with van der Waals surface area (Å²) >= 11 is 1.55. The second-order valence-corrected chi connectivity index (χ2v) is 5.15. The Morgan fingerprint density at radius 1 is 1.47 bits per heavy atom. The minimum Gasteiger partial charge on any atom is -0.336 e. The highest BCUT2D eigenvalue weighted by Crippen LogP contribution is 2.26. The highest BCUT2D eigenvalue weighted by Gasteiger charge is 2.29. The fourth-order valence-corrected chi connectivity index (χ4v) is 3.26. The molecule has 3 nitrogen and oxygen atoms in total. The van der Waals surface area contributed by atoms with Crippen molar-refractivity contribution in [2.75, 3.05) is 6.54 Å². The second-order valence-electron chi connectivity index (χ2n) is 4.23. The van der Waals surface area contributed by atoms with E-state index in [9.17, 15) is 4.79 Å². The number of carbonyl (C=O) groups excluding carboxylic acids is 1. The van der Waals surface area contributed by atoms with E-state index in [-0.39, 0.29) is 12.1 Å². The highest BCUT2D eigenvalue weighted by atomic mass is 32.1. The maximum Gasteiger partial charge on any atom is 0.262 e. The van der Waals surface area contributed by atoms with Crippen molar-refractivity contribution in [1.82, 2.24) is 10.2 Å². The molecule has 1 aromatic rings. The number of nitrogens with one attached hydrogen (secondary N) is 1. The fourth-order valence-electron chi connectivity index (χ4n) is 2.44. The summed E-state index contributed by atoms with van der Waals surface area (Å²) in [5.74, 6) is 0.120. The maximum absolute atomic E-state index is 11.9. The van der Waals surface area contributed by atoms with Crippen molar-refractivity contribution in [3.63, 3.8) is 0 Å². The van der Waals surface area contributed by atoms with Crippen LogP contribution < -0.4 is 5.32 Å². The van der Waals surface area contributed by atoms with E-state index in [0.29, 0.717) is 0 Å². The Bertz CT molecular complexity index is 388. The summed E-state index contributed by atoms with van der Waals surface area (Å²) in [4.78, 5) is 15.2. The first kappa shape index (κ1) is 9.36. The molecule has 1 amide bonds. The van der Waals surface area contributed by atoms with Crippen molar-refractivity contribution in [1.29, 1.82) is 0 Å². The van der Waals surface area contributed by atoms with E-state index in [4.69, 9.17) is 0 Å². The topological polar surface area (TPSA) is 32.3 Å². The van der Waals surface area contributed by atoms with Gasteiger partial charge in [0.15, 0.2) is 0 Å². The molecule has 80 valence electrons. The van der Waals surface area contributed by atoms with Crippen LogP contribution in [0.3, 0.4) is 0 Å². The molecule has 3 rings (SSSR count). The van der Waals surface area contributed by atoms with Gasteiger partial charge in [0.05, 0.1) is 11.0 Å². The number of amides is 1. The minimum atomic E-state index is 0.120. The smallest absolute Gasteiger partial charge is 0.262 e. The molecule has 0 unspecified atom stereocenters. The van der Waals surface area contributed by atoms with E-state index in [0.717, 1.165) is 24.4 Å². The van der Waals surface area contributed by atoms with Crippen molar-refractivity contribution in [2.45, 2.75) is 32.0 Å². The number of piperidine rings is 1. The third-order valence-corrected chi connectivity index (χ3v) is 4.19. The van der Waals surface area contributed by atoms with Gasteiger partial charge in [-0.2, -0.15) is 0 Å². The SMILES string of the molecule is O=C1N[C@H]2CCCCN2Cc2ccsc21. The van der Waals surface area contributed by atoms with Crippen LogP contribution in [0.4, 0.5) is 0 Å². The Morgan fingerprint density at radius 3 is 3.33 bits per heavy atom. The van der Waals surface area contributed by atoms with Gasteiger partial charge in [-0.05, 0) is 36.3 Å². The van der Waals surface area contributed by atoms with Crippen LogP contribution in [-0.4, -0.2) is 23.5 Å². The first-order valence-corrected chi connectivity index (χ1v) is 6.34. The molecule has 3 heterocycles. The zero-order valence-electron chi connectivity index (χ0n) is 8.53. The zero-order valence-corrected chi connectivity index (χ0v) is 9.35. The Labute approximate surface area is 93.1 Å². The van der Waals surface area contributed by atoms with Crippen molar-refractivity contribution < 1.29 is 4.79 Å². The van der Waals surface area contributed by atoms with Crippen LogP contribution in [0.5, 0.6) is 0 Å². The predicted octanol–water partition coefficient (Wildman–Crippen LogP) is 1.80. The normalized spacial score (nSPS) is 26.4. The van der Waals surface area contributed by atoms with Gasteiger partial charge in [0.2, 0.25) is 0 Å². The highest BCUT2D eigenvalue weighted by molar-refractivity contribution is 7.12. The molecule has 4 heteroatoms. The van der Waals surface area contributed by atoms with E-state index in [1.165, 1.54) is 18.4 Å². The Hall–Kier alpha value is -0.870. The van der Waals surface area contributed by atoms with Crippen molar-refractivity contribution in [3.05, 3.63) is 21.9 Å². The molecule has 0 spiro atoms. The van der Waals surface area contributed by atoms with Crippen molar-refractivity contribution in [3.8, 4) is 0 Å². The third-order valence-electron chi connectivity index (χ3n) is 3.24. The van der Waals surface area contributed by atoms with E-state index in [2.05, 4.69) is 16.3 Å². The Morgan fingerprint density at radius 2 is 2.40 bits per heavy atom. The zero-order chi connectivity index (χ0) is 10.3. The summed E-state index contributed by atoms with van der Waals surface area (Å²) in [6.07, 6.45) is 3.85. The number of hydrogen-bond donors (Lipinski definition) is 1. The van der Waals surface area contributed by atoms with E-state index in [1.807, 2.05) is 5.38 Å². The van der Waals surface area contributed by atoms with Crippen LogP contribution >= 0.6 is 11.3 Å². The molecule has 1 fully saturated rings. The lowest BCUT2D eigenvalue weighted by Gasteiger charge is -2.34. The molecule has 1 atom stereocenters.